The average Bonchev–Trinajstić information content (AvgIpc) is 2.59. The number of hydrogen-bond acceptors (Lipinski definition) is 2. The van der Waals surface area contributed by atoms with Gasteiger partial charge in [-0.05, 0) is 32.1 Å². The normalized spacial score (nSPS) is 15.3. The monoisotopic (exact) mass is 400 g/mol. The molecule has 0 aliphatic heterocycles. The highest BCUT2D eigenvalue weighted by molar-refractivity contribution is 7.38. The fourth-order valence-corrected chi connectivity index (χ4v) is 5.23. The quantitative estimate of drug-likeness (QED) is 0.108. The van der Waals surface area contributed by atoms with E-state index in [4.69, 9.17) is 0 Å². The van der Waals surface area contributed by atoms with Gasteiger partial charge in [-0.15, -0.1) is 0 Å². The number of rotatable bonds is 18. The number of quaternary nitrogens is 1. The minimum absolute atomic E-state index is 0.522. The zero-order valence-electron chi connectivity index (χ0n) is 19.0. The van der Waals surface area contributed by atoms with Crippen molar-refractivity contribution < 1.29 is 13.9 Å². The highest BCUT2D eigenvalue weighted by Gasteiger charge is 2.53. The summed E-state index contributed by atoms with van der Waals surface area (Å²) in [5.41, 5.74) is 0. The average molecular weight is 401 g/mol. The molecule has 0 fully saturated rings. The molecule has 0 rings (SSSR count). The molecule has 2 atom stereocenters. The first-order chi connectivity index (χ1) is 12.8. The van der Waals surface area contributed by atoms with E-state index in [1.54, 1.807) is 0 Å². The zero-order chi connectivity index (χ0) is 20.6. The first-order valence-electron chi connectivity index (χ1n) is 11.4. The van der Waals surface area contributed by atoms with Crippen LogP contribution in [0.2, 0.25) is 0 Å². The lowest BCUT2D eigenvalue weighted by Crippen LogP contribution is -2.55. The molecule has 0 amide bonds. The third-order valence-electron chi connectivity index (χ3n) is 5.84. The van der Waals surface area contributed by atoms with Gasteiger partial charge in [0.15, 0.2) is 0 Å². The fourth-order valence-electron chi connectivity index (χ4n) is 3.99. The molecule has 0 aliphatic carbocycles. The van der Waals surface area contributed by atoms with Crippen molar-refractivity contribution in [1.29, 1.82) is 0 Å². The molecule has 27 heavy (non-hydrogen) atoms. The van der Waals surface area contributed by atoms with Crippen molar-refractivity contribution >= 4 is 8.03 Å². The van der Waals surface area contributed by atoms with E-state index in [0.29, 0.717) is 4.48 Å². The summed E-state index contributed by atoms with van der Waals surface area (Å²) >= 11 is 0. The molecular formula is C23H47NO2P+. The Morgan fingerprint density at radius 1 is 0.778 bits per heavy atom. The molecule has 0 N–H and O–H groups in total. The van der Waals surface area contributed by atoms with Crippen LogP contribution < -0.4 is 4.89 Å². The van der Waals surface area contributed by atoms with Crippen LogP contribution in [0.15, 0.2) is 12.2 Å². The summed E-state index contributed by atoms with van der Waals surface area (Å²) in [7, 11) is 3.67. The Labute approximate surface area is 171 Å². The molecular weight excluding hydrogens is 353 g/mol. The number of hydrogen-bond donors (Lipinski definition) is 0. The van der Waals surface area contributed by atoms with Crippen LogP contribution >= 0.6 is 8.03 Å². The Bertz CT molecular complexity index is 404. The SMILES string of the molecule is CCC=CCCCCCCCCCCCCC(CCC)([P+](=O)[O-])[N+](C)(C)C. The minimum atomic E-state index is -2.42. The molecule has 0 heterocycles. The van der Waals surface area contributed by atoms with E-state index in [9.17, 15) is 9.46 Å². The van der Waals surface area contributed by atoms with Gasteiger partial charge in [0.1, 0.15) is 0 Å². The molecule has 0 radical (unpaired) electrons. The van der Waals surface area contributed by atoms with Crippen LogP contribution in [0.4, 0.5) is 0 Å². The maximum atomic E-state index is 12.0. The van der Waals surface area contributed by atoms with Crippen LogP contribution in [0.3, 0.4) is 0 Å². The second-order valence-corrected chi connectivity index (χ2v) is 10.3. The molecule has 0 saturated heterocycles. The van der Waals surface area contributed by atoms with Crippen molar-refractivity contribution in [2.45, 2.75) is 115 Å². The van der Waals surface area contributed by atoms with Crippen LogP contribution in [-0.4, -0.2) is 30.9 Å². The first kappa shape index (κ1) is 26.8. The largest absolute Gasteiger partial charge is 0.590 e. The molecule has 0 spiro atoms. The highest BCUT2D eigenvalue weighted by Crippen LogP contribution is 2.45. The van der Waals surface area contributed by atoms with Crippen LogP contribution in [0.5, 0.6) is 0 Å². The van der Waals surface area contributed by atoms with Gasteiger partial charge in [0.05, 0.1) is 21.1 Å². The van der Waals surface area contributed by atoms with Crippen LogP contribution in [0.25, 0.3) is 0 Å². The summed E-state index contributed by atoms with van der Waals surface area (Å²) in [4.78, 5) is 12.0. The summed E-state index contributed by atoms with van der Waals surface area (Å²) in [5, 5.41) is -0.587. The van der Waals surface area contributed by atoms with Gasteiger partial charge in [-0.3, -0.25) is 4.48 Å². The standard InChI is InChI=1S/C23H47NO2P/c1-6-8-9-10-11-12-13-14-15-16-17-18-19-20-22-23(21-7-2,27(25)26)24(3,4)5/h8-9H,6-7,10-22H2,1-5H3/q+1. The first-order valence-corrected chi connectivity index (χ1v) is 12.6. The molecule has 0 aromatic carbocycles. The lowest BCUT2D eigenvalue weighted by Gasteiger charge is -2.39. The van der Waals surface area contributed by atoms with Crippen LogP contribution in [-0.2, 0) is 4.57 Å². The van der Waals surface area contributed by atoms with E-state index < -0.39 is 13.3 Å². The van der Waals surface area contributed by atoms with E-state index in [2.05, 4.69) is 26.0 Å². The Kier molecular flexibility index (Phi) is 15.5. The summed E-state index contributed by atoms with van der Waals surface area (Å²) in [5.74, 6) is 0. The topological polar surface area (TPSA) is 40.1 Å². The van der Waals surface area contributed by atoms with Gasteiger partial charge in [0.2, 0.25) is 0 Å². The lowest BCUT2D eigenvalue weighted by atomic mass is 9.99. The van der Waals surface area contributed by atoms with E-state index in [-0.39, 0.29) is 0 Å². The zero-order valence-corrected chi connectivity index (χ0v) is 19.9. The lowest BCUT2D eigenvalue weighted by molar-refractivity contribution is -0.910. The molecule has 2 unspecified atom stereocenters. The second-order valence-electron chi connectivity index (χ2n) is 8.96. The summed E-state index contributed by atoms with van der Waals surface area (Å²) in [6, 6.07) is 0. The van der Waals surface area contributed by atoms with Crippen LogP contribution in [0.1, 0.15) is 110 Å². The van der Waals surface area contributed by atoms with Gasteiger partial charge in [-0.1, -0.05) is 81.9 Å². The molecule has 0 aliphatic rings. The minimum Gasteiger partial charge on any atom is -0.590 e. The van der Waals surface area contributed by atoms with Crippen molar-refractivity contribution in [3.63, 3.8) is 0 Å². The van der Waals surface area contributed by atoms with Crippen molar-refractivity contribution in [1.82, 2.24) is 0 Å². The fraction of sp³-hybridized carbons (Fsp3) is 0.913. The van der Waals surface area contributed by atoms with E-state index in [1.807, 2.05) is 21.1 Å². The smallest absolute Gasteiger partial charge is 0.376 e. The predicted molar refractivity (Wildman–Crippen MR) is 118 cm³/mol. The van der Waals surface area contributed by atoms with Gasteiger partial charge >= 0.3 is 8.03 Å². The molecule has 0 aromatic heterocycles. The predicted octanol–water partition coefficient (Wildman–Crippen LogP) is 6.94. The molecule has 160 valence electrons. The summed E-state index contributed by atoms with van der Waals surface area (Å²) < 4.78 is 12.6. The van der Waals surface area contributed by atoms with Crippen molar-refractivity contribution in [3.8, 4) is 0 Å². The van der Waals surface area contributed by atoms with Crippen LogP contribution in [0, 0.1) is 0 Å². The molecule has 4 heteroatoms. The van der Waals surface area contributed by atoms with E-state index in [0.717, 1.165) is 32.1 Å². The van der Waals surface area contributed by atoms with Gasteiger partial charge < -0.3 is 4.89 Å². The number of allylic oxidation sites excluding steroid dienone is 2. The Balaban J connectivity index is 3.80. The van der Waals surface area contributed by atoms with Crippen molar-refractivity contribution in [2.24, 2.45) is 0 Å². The highest BCUT2D eigenvalue weighted by atomic mass is 31.1. The molecule has 0 bridgehead atoms. The number of nitrogens with zero attached hydrogens (tertiary/aromatic N) is 1. The van der Waals surface area contributed by atoms with Gasteiger partial charge in [-0.2, -0.15) is 0 Å². The second kappa shape index (κ2) is 15.7. The Hall–Kier alpha value is -0.240. The third kappa shape index (κ3) is 11.4. The summed E-state index contributed by atoms with van der Waals surface area (Å²) in [6.07, 6.45) is 22.4. The maximum Gasteiger partial charge on any atom is 0.376 e. The number of unbranched alkanes of at least 4 members (excludes halogenated alkanes) is 10. The summed E-state index contributed by atoms with van der Waals surface area (Å²) in [6.45, 7) is 4.28. The van der Waals surface area contributed by atoms with Gasteiger partial charge in [0.25, 0.3) is 5.28 Å². The Morgan fingerprint density at radius 2 is 1.26 bits per heavy atom. The van der Waals surface area contributed by atoms with Gasteiger partial charge in [-0.25, -0.2) is 0 Å². The molecule has 0 aromatic rings. The van der Waals surface area contributed by atoms with E-state index >= 15 is 0 Å². The van der Waals surface area contributed by atoms with Gasteiger partial charge in [0, 0.05) is 12.8 Å². The van der Waals surface area contributed by atoms with E-state index in [1.165, 1.54) is 64.2 Å². The molecule has 0 saturated carbocycles. The molecule has 3 nitrogen and oxygen atoms in total. The third-order valence-corrected chi connectivity index (χ3v) is 7.57. The maximum absolute atomic E-state index is 12.0. The van der Waals surface area contributed by atoms with Crippen molar-refractivity contribution in [3.05, 3.63) is 12.2 Å². The van der Waals surface area contributed by atoms with Crippen molar-refractivity contribution in [2.75, 3.05) is 21.1 Å². The Morgan fingerprint density at radius 3 is 1.67 bits per heavy atom.